The summed E-state index contributed by atoms with van der Waals surface area (Å²) in [5, 5.41) is 7.14. The lowest BCUT2D eigenvalue weighted by Gasteiger charge is -2.35. The summed E-state index contributed by atoms with van der Waals surface area (Å²) < 4.78 is 40.3. The summed E-state index contributed by atoms with van der Waals surface area (Å²) in [4.78, 5) is 66.0. The van der Waals surface area contributed by atoms with Crippen LogP contribution < -0.4 is 21.7 Å². The van der Waals surface area contributed by atoms with Crippen LogP contribution in [0.15, 0.2) is 0 Å². The van der Waals surface area contributed by atoms with E-state index < -0.39 is 64.8 Å². The number of hydrogen-bond donors (Lipinski definition) is 4. The number of halogens is 3. The Hall–Kier alpha value is -2.86. The average molecular weight is 588 g/mol. The molecule has 5 amide bonds. The fourth-order valence-electron chi connectivity index (χ4n) is 5.85. The van der Waals surface area contributed by atoms with Gasteiger partial charge in [-0.05, 0) is 55.3 Å². The Bertz CT molecular complexity index is 1030. The molecule has 13 heteroatoms. The largest absolute Gasteiger partial charge is 0.411 e. The van der Waals surface area contributed by atoms with Gasteiger partial charge in [-0.15, -0.1) is 0 Å². The molecule has 5 N–H and O–H groups in total. The van der Waals surface area contributed by atoms with E-state index in [0.29, 0.717) is 6.42 Å². The van der Waals surface area contributed by atoms with Crippen LogP contribution in [-0.4, -0.2) is 70.8 Å². The van der Waals surface area contributed by atoms with Gasteiger partial charge in [-0.3, -0.25) is 19.2 Å². The number of primary amides is 1. The molecule has 1 heterocycles. The highest BCUT2D eigenvalue weighted by molar-refractivity contribution is 6.37. The van der Waals surface area contributed by atoms with Crippen LogP contribution in [0.5, 0.6) is 0 Å². The zero-order valence-corrected chi connectivity index (χ0v) is 24.5. The molecule has 3 fully saturated rings. The lowest BCUT2D eigenvalue weighted by molar-refractivity contribution is -0.162. The SMILES string of the molecule is CC(C)C1CCN(C(=O)C(CC(C)(C)C)NC(=O)NC2(C(F)(F)F)CC2)[C@@H]1C(=O)NC(CC1CCC1)C(=O)C(N)=O. The van der Waals surface area contributed by atoms with Crippen molar-refractivity contribution < 1.29 is 37.1 Å². The fourth-order valence-corrected chi connectivity index (χ4v) is 5.85. The molecule has 0 aromatic rings. The van der Waals surface area contributed by atoms with Gasteiger partial charge >= 0.3 is 12.2 Å². The van der Waals surface area contributed by atoms with Gasteiger partial charge in [0.1, 0.15) is 17.6 Å². The Morgan fingerprint density at radius 1 is 0.976 bits per heavy atom. The molecule has 3 rings (SSSR count). The number of Topliss-reactive ketones (excluding diaryl/α,β-unsaturated/α-hetero) is 1. The molecule has 0 radical (unpaired) electrons. The number of nitrogens with zero attached hydrogens (tertiary/aromatic N) is 1. The lowest BCUT2D eigenvalue weighted by Crippen LogP contribution is -2.60. The zero-order valence-electron chi connectivity index (χ0n) is 24.5. The van der Waals surface area contributed by atoms with E-state index in [4.69, 9.17) is 5.73 Å². The predicted octanol–water partition coefficient (Wildman–Crippen LogP) is 2.79. The summed E-state index contributed by atoms with van der Waals surface area (Å²) in [6.45, 7) is 9.49. The van der Waals surface area contributed by atoms with Gasteiger partial charge in [0, 0.05) is 6.54 Å². The number of nitrogens with one attached hydrogen (secondary N) is 3. The van der Waals surface area contributed by atoms with Crippen molar-refractivity contribution >= 4 is 29.5 Å². The van der Waals surface area contributed by atoms with Crippen LogP contribution in [0.2, 0.25) is 0 Å². The number of nitrogens with two attached hydrogens (primary N) is 1. The Kier molecular flexibility index (Phi) is 9.69. The van der Waals surface area contributed by atoms with Crippen molar-refractivity contribution in [2.75, 3.05) is 6.54 Å². The molecule has 41 heavy (non-hydrogen) atoms. The molecule has 232 valence electrons. The second kappa shape index (κ2) is 12.2. The zero-order chi connectivity index (χ0) is 30.9. The average Bonchev–Trinajstić information content (AvgIpc) is 3.45. The Balaban J connectivity index is 1.83. The van der Waals surface area contributed by atoms with Crippen molar-refractivity contribution in [3.8, 4) is 0 Å². The van der Waals surface area contributed by atoms with Crippen LogP contribution in [0.4, 0.5) is 18.0 Å². The Morgan fingerprint density at radius 2 is 1.59 bits per heavy atom. The summed E-state index contributed by atoms with van der Waals surface area (Å²) in [6.07, 6.45) is -1.49. The molecule has 2 aliphatic carbocycles. The first-order valence-electron chi connectivity index (χ1n) is 14.4. The molecular formula is C28H44F3N5O5. The third-order valence-electron chi connectivity index (χ3n) is 8.59. The molecule has 4 atom stereocenters. The fraction of sp³-hybridized carbons (Fsp3) is 0.821. The number of likely N-dealkylation sites (tertiary alicyclic amines) is 1. The summed E-state index contributed by atoms with van der Waals surface area (Å²) in [5.74, 6) is -3.37. The second-order valence-electron chi connectivity index (χ2n) is 13.5. The maximum absolute atomic E-state index is 13.9. The van der Waals surface area contributed by atoms with Crippen molar-refractivity contribution in [3.05, 3.63) is 0 Å². The molecule has 2 saturated carbocycles. The smallest absolute Gasteiger partial charge is 0.363 e. The van der Waals surface area contributed by atoms with Gasteiger partial charge in [-0.2, -0.15) is 13.2 Å². The van der Waals surface area contributed by atoms with Gasteiger partial charge in [-0.1, -0.05) is 53.9 Å². The number of alkyl halides is 3. The van der Waals surface area contributed by atoms with E-state index in [1.807, 2.05) is 39.9 Å². The van der Waals surface area contributed by atoms with Gasteiger partial charge < -0.3 is 26.6 Å². The number of amides is 5. The Labute approximate surface area is 239 Å². The second-order valence-corrected chi connectivity index (χ2v) is 13.5. The van der Waals surface area contributed by atoms with Crippen molar-refractivity contribution in [1.82, 2.24) is 20.9 Å². The first kappa shape index (κ1) is 32.7. The van der Waals surface area contributed by atoms with Crippen LogP contribution in [-0.2, 0) is 19.2 Å². The number of ketones is 1. The summed E-state index contributed by atoms with van der Waals surface area (Å²) in [7, 11) is 0. The third-order valence-corrected chi connectivity index (χ3v) is 8.59. The molecular weight excluding hydrogens is 543 g/mol. The van der Waals surface area contributed by atoms with E-state index in [-0.39, 0.29) is 50.0 Å². The molecule has 3 unspecified atom stereocenters. The Morgan fingerprint density at radius 3 is 2.02 bits per heavy atom. The molecule has 1 aliphatic heterocycles. The minimum atomic E-state index is -4.62. The molecule has 0 spiro atoms. The first-order chi connectivity index (χ1) is 18.8. The molecule has 1 saturated heterocycles. The number of hydrogen-bond acceptors (Lipinski definition) is 5. The molecule has 10 nitrogen and oxygen atoms in total. The minimum absolute atomic E-state index is 0.0284. The number of carbonyl (C=O) groups excluding carboxylic acids is 5. The van der Waals surface area contributed by atoms with Crippen molar-refractivity contribution in [3.63, 3.8) is 0 Å². The van der Waals surface area contributed by atoms with Gasteiger partial charge in [0.25, 0.3) is 5.91 Å². The van der Waals surface area contributed by atoms with E-state index >= 15 is 0 Å². The van der Waals surface area contributed by atoms with Gasteiger partial charge in [0.2, 0.25) is 17.6 Å². The highest BCUT2D eigenvalue weighted by Gasteiger charge is 2.64. The van der Waals surface area contributed by atoms with Crippen molar-refractivity contribution in [2.45, 2.75) is 116 Å². The number of urea groups is 1. The van der Waals surface area contributed by atoms with Crippen molar-refractivity contribution in [1.29, 1.82) is 0 Å². The van der Waals surface area contributed by atoms with Gasteiger partial charge in [0.15, 0.2) is 0 Å². The van der Waals surface area contributed by atoms with Crippen molar-refractivity contribution in [2.24, 2.45) is 28.9 Å². The quantitative estimate of drug-likeness (QED) is 0.274. The van der Waals surface area contributed by atoms with Gasteiger partial charge in [-0.25, -0.2) is 4.79 Å². The molecule has 0 bridgehead atoms. The van der Waals surface area contributed by atoms with E-state index in [1.165, 1.54) is 4.90 Å². The highest BCUT2D eigenvalue weighted by Crippen LogP contribution is 2.48. The first-order valence-corrected chi connectivity index (χ1v) is 14.4. The van der Waals surface area contributed by atoms with E-state index in [2.05, 4.69) is 10.6 Å². The number of rotatable bonds is 11. The third kappa shape index (κ3) is 7.91. The van der Waals surface area contributed by atoms with E-state index in [1.54, 1.807) is 0 Å². The van der Waals surface area contributed by atoms with Crippen LogP contribution in [0.3, 0.4) is 0 Å². The summed E-state index contributed by atoms with van der Waals surface area (Å²) >= 11 is 0. The summed E-state index contributed by atoms with van der Waals surface area (Å²) in [5.41, 5.74) is 2.46. The monoisotopic (exact) mass is 587 g/mol. The molecule has 3 aliphatic rings. The predicted molar refractivity (Wildman–Crippen MR) is 144 cm³/mol. The van der Waals surface area contributed by atoms with Crippen LogP contribution in [0, 0.1) is 23.2 Å². The minimum Gasteiger partial charge on any atom is -0.363 e. The molecule has 0 aromatic carbocycles. The maximum atomic E-state index is 13.9. The van der Waals surface area contributed by atoms with Crippen LogP contribution in [0.1, 0.15) is 86.0 Å². The van der Waals surface area contributed by atoms with Gasteiger partial charge in [0.05, 0.1) is 6.04 Å². The topological polar surface area (TPSA) is 151 Å². The summed E-state index contributed by atoms with van der Waals surface area (Å²) in [6, 6.07) is -4.40. The molecule has 0 aromatic heterocycles. The maximum Gasteiger partial charge on any atom is 0.411 e. The number of carbonyl (C=O) groups is 5. The highest BCUT2D eigenvalue weighted by atomic mass is 19.4. The lowest BCUT2D eigenvalue weighted by atomic mass is 9.80. The van der Waals surface area contributed by atoms with E-state index in [0.717, 1.165) is 19.3 Å². The van der Waals surface area contributed by atoms with E-state index in [9.17, 15) is 37.1 Å². The van der Waals surface area contributed by atoms with Crippen LogP contribution in [0.25, 0.3) is 0 Å². The van der Waals surface area contributed by atoms with Crippen LogP contribution >= 0.6 is 0 Å². The normalized spacial score (nSPS) is 23.8. The standard InChI is InChI=1S/C28H44F3N5O5/c1-15(2)17-9-12-36(20(17)23(39)33-18(21(37)22(32)38)13-16-7-6-8-16)24(40)19(14-26(3,4)5)34-25(41)35-27(10-11-27)28(29,30)31/h15-20H,6-14H2,1-5H3,(H2,32,38)(H,33,39)(H2,34,35,41)/t17?,18?,19?,20-/m0/s1.